The second-order valence-corrected chi connectivity index (χ2v) is 8.10. The van der Waals surface area contributed by atoms with Crippen molar-refractivity contribution in [2.45, 2.75) is 32.0 Å². The number of amides is 2. The van der Waals surface area contributed by atoms with Crippen LogP contribution in [0.3, 0.4) is 0 Å². The number of carbonyl (C=O) groups is 2. The Morgan fingerprint density at radius 1 is 1.12 bits per heavy atom. The highest BCUT2D eigenvalue weighted by Gasteiger charge is 2.70. The van der Waals surface area contributed by atoms with Gasteiger partial charge >= 0.3 is 0 Å². The molecule has 2 saturated heterocycles. The summed E-state index contributed by atoms with van der Waals surface area (Å²) < 4.78 is 12.4. The largest absolute Gasteiger partial charge is 0.440 e. The van der Waals surface area contributed by atoms with Gasteiger partial charge in [0.25, 0.3) is 0 Å². The number of nitrogens with zero attached hydrogens (tertiary/aromatic N) is 2. The number of aryl methyl sites for hydroxylation is 1. The van der Waals surface area contributed by atoms with Crippen molar-refractivity contribution in [2.75, 3.05) is 4.90 Å². The Morgan fingerprint density at radius 2 is 1.72 bits per heavy atom. The zero-order valence-corrected chi connectivity index (χ0v) is 15.5. The molecule has 5 rings (SSSR count). The molecule has 4 heterocycles. The summed E-state index contributed by atoms with van der Waals surface area (Å²) in [7, 11) is 0. The first-order valence-corrected chi connectivity index (χ1v) is 8.88. The monoisotopic (exact) mass is 402 g/mol. The summed E-state index contributed by atoms with van der Waals surface area (Å²) in [6.07, 6.45) is 3.81. The minimum atomic E-state index is -0.741. The molecule has 2 bridgehead atoms. The van der Waals surface area contributed by atoms with E-state index in [0.717, 1.165) is 4.47 Å². The van der Waals surface area contributed by atoms with E-state index in [9.17, 15) is 9.59 Å². The first kappa shape index (κ1) is 15.3. The SMILES string of the molecule is Cc1nc2c(N3C(=O)C4[C@H](C3=O)[C@@]3(C)C=C[C@]4(C)O3)ccc(Br)c2o1. The lowest BCUT2D eigenvalue weighted by atomic mass is 9.73. The number of halogens is 1. The van der Waals surface area contributed by atoms with Gasteiger partial charge < -0.3 is 9.15 Å². The number of benzene rings is 1. The van der Waals surface area contributed by atoms with Crippen molar-refractivity contribution in [1.29, 1.82) is 0 Å². The van der Waals surface area contributed by atoms with Crippen molar-refractivity contribution in [3.63, 3.8) is 0 Å². The molecule has 128 valence electrons. The smallest absolute Gasteiger partial charge is 0.241 e. The highest BCUT2D eigenvalue weighted by Crippen LogP contribution is 2.57. The normalized spacial score (nSPS) is 36.1. The maximum absolute atomic E-state index is 13.2. The van der Waals surface area contributed by atoms with E-state index in [-0.39, 0.29) is 11.8 Å². The lowest BCUT2D eigenvalue weighted by molar-refractivity contribution is -0.128. The van der Waals surface area contributed by atoms with Gasteiger partial charge in [-0.05, 0) is 41.9 Å². The van der Waals surface area contributed by atoms with Crippen LogP contribution in [0.4, 0.5) is 5.69 Å². The Kier molecular flexibility index (Phi) is 2.69. The number of aromatic nitrogens is 1. The van der Waals surface area contributed by atoms with Crippen LogP contribution in [0.25, 0.3) is 11.1 Å². The maximum atomic E-state index is 13.2. The van der Waals surface area contributed by atoms with Gasteiger partial charge in [-0.2, -0.15) is 0 Å². The fourth-order valence-electron chi connectivity index (χ4n) is 4.52. The van der Waals surface area contributed by atoms with Gasteiger partial charge in [0.2, 0.25) is 11.8 Å². The first-order valence-electron chi connectivity index (χ1n) is 8.09. The zero-order valence-electron chi connectivity index (χ0n) is 13.9. The van der Waals surface area contributed by atoms with Gasteiger partial charge in [0.1, 0.15) is 5.52 Å². The number of rotatable bonds is 1. The Labute approximate surface area is 151 Å². The van der Waals surface area contributed by atoms with Gasteiger partial charge in [0.05, 0.1) is 33.2 Å². The standard InChI is InChI=1S/C18H15BrN2O4/c1-8-20-13-10(5-4-9(19)14(13)24-8)21-15(22)11-12(16(21)23)18(3)7-6-17(11,2)25-18/h4-7,11-12H,1-3H3/t11-,12?,17-,18+/m1/s1. The summed E-state index contributed by atoms with van der Waals surface area (Å²) in [5, 5.41) is 0. The molecule has 1 aromatic carbocycles. The van der Waals surface area contributed by atoms with E-state index in [2.05, 4.69) is 20.9 Å². The number of fused-ring (bicyclic) bond motifs is 6. The molecule has 0 radical (unpaired) electrons. The van der Waals surface area contributed by atoms with E-state index < -0.39 is 23.0 Å². The number of carbonyl (C=O) groups excluding carboxylic acids is 2. The van der Waals surface area contributed by atoms with E-state index >= 15 is 0 Å². The number of imide groups is 1. The number of hydrogen-bond donors (Lipinski definition) is 0. The van der Waals surface area contributed by atoms with Crippen molar-refractivity contribution in [1.82, 2.24) is 4.98 Å². The van der Waals surface area contributed by atoms with Crippen LogP contribution in [0.2, 0.25) is 0 Å². The lowest BCUT2D eigenvalue weighted by Gasteiger charge is -2.25. The molecule has 2 aromatic rings. The van der Waals surface area contributed by atoms with Gasteiger partial charge in [0.15, 0.2) is 11.5 Å². The predicted molar refractivity (Wildman–Crippen MR) is 93.0 cm³/mol. The molecule has 2 amide bonds. The average molecular weight is 403 g/mol. The summed E-state index contributed by atoms with van der Waals surface area (Å²) >= 11 is 3.43. The van der Waals surface area contributed by atoms with Crippen LogP contribution in [0, 0.1) is 18.8 Å². The maximum Gasteiger partial charge on any atom is 0.241 e. The summed E-state index contributed by atoms with van der Waals surface area (Å²) in [6, 6.07) is 3.50. The van der Waals surface area contributed by atoms with Gasteiger partial charge in [-0.15, -0.1) is 0 Å². The molecule has 25 heavy (non-hydrogen) atoms. The lowest BCUT2D eigenvalue weighted by Crippen LogP contribution is -2.39. The van der Waals surface area contributed by atoms with Crippen molar-refractivity contribution in [3.05, 3.63) is 34.6 Å². The summed E-state index contributed by atoms with van der Waals surface area (Å²) in [6.45, 7) is 5.47. The van der Waals surface area contributed by atoms with E-state index in [4.69, 9.17) is 9.15 Å². The van der Waals surface area contributed by atoms with Crippen LogP contribution in [0.5, 0.6) is 0 Å². The van der Waals surface area contributed by atoms with Gasteiger partial charge in [-0.25, -0.2) is 9.88 Å². The van der Waals surface area contributed by atoms with Gasteiger partial charge in [-0.3, -0.25) is 9.59 Å². The second-order valence-electron chi connectivity index (χ2n) is 7.25. The van der Waals surface area contributed by atoms with Crippen molar-refractivity contribution < 1.29 is 18.7 Å². The molecule has 2 fully saturated rings. The molecule has 3 aliphatic rings. The molecule has 6 nitrogen and oxygen atoms in total. The van der Waals surface area contributed by atoms with Crippen LogP contribution < -0.4 is 4.90 Å². The minimum Gasteiger partial charge on any atom is -0.440 e. The third kappa shape index (κ3) is 1.70. The molecular formula is C18H15BrN2O4. The molecule has 4 atom stereocenters. The number of oxazole rings is 1. The average Bonchev–Trinajstić information content (AvgIpc) is 3.21. The van der Waals surface area contributed by atoms with Crippen molar-refractivity contribution >= 4 is 44.5 Å². The van der Waals surface area contributed by atoms with Crippen LogP contribution in [-0.4, -0.2) is 28.0 Å². The first-order chi connectivity index (χ1) is 11.8. The molecule has 0 N–H and O–H groups in total. The van der Waals surface area contributed by atoms with E-state index in [1.165, 1.54) is 4.90 Å². The highest BCUT2D eigenvalue weighted by atomic mass is 79.9. The molecular weight excluding hydrogens is 388 g/mol. The van der Waals surface area contributed by atoms with Gasteiger partial charge in [0, 0.05) is 6.92 Å². The molecule has 0 spiro atoms. The van der Waals surface area contributed by atoms with Crippen LogP contribution in [0.1, 0.15) is 19.7 Å². The molecule has 7 heteroatoms. The van der Waals surface area contributed by atoms with Crippen LogP contribution in [0.15, 0.2) is 33.2 Å². The van der Waals surface area contributed by atoms with Crippen LogP contribution >= 0.6 is 15.9 Å². The Bertz CT molecular complexity index is 976. The van der Waals surface area contributed by atoms with Gasteiger partial charge in [-0.1, -0.05) is 12.2 Å². The second kappa shape index (κ2) is 4.40. The minimum absolute atomic E-state index is 0.241. The number of ether oxygens (including phenoxy) is 1. The number of anilines is 1. The molecule has 0 saturated carbocycles. The highest BCUT2D eigenvalue weighted by molar-refractivity contribution is 9.10. The fourth-order valence-corrected chi connectivity index (χ4v) is 4.92. The fraction of sp³-hybridized carbons (Fsp3) is 0.389. The Morgan fingerprint density at radius 3 is 2.32 bits per heavy atom. The van der Waals surface area contributed by atoms with Crippen molar-refractivity contribution in [3.8, 4) is 0 Å². The van der Waals surface area contributed by atoms with Crippen LogP contribution in [-0.2, 0) is 14.3 Å². The molecule has 3 aliphatic heterocycles. The van der Waals surface area contributed by atoms with E-state index in [0.29, 0.717) is 22.7 Å². The number of hydrogen-bond acceptors (Lipinski definition) is 5. The Hall–Kier alpha value is -1.99. The Balaban J connectivity index is 1.70. The third-order valence-electron chi connectivity index (χ3n) is 5.55. The summed E-state index contributed by atoms with van der Waals surface area (Å²) in [5.74, 6) is -1.03. The third-order valence-corrected chi connectivity index (χ3v) is 6.17. The molecule has 1 unspecified atom stereocenters. The van der Waals surface area contributed by atoms with E-state index in [1.54, 1.807) is 19.1 Å². The summed E-state index contributed by atoms with van der Waals surface area (Å²) in [4.78, 5) is 32.0. The summed E-state index contributed by atoms with van der Waals surface area (Å²) in [5.41, 5.74) is 0.0168. The predicted octanol–water partition coefficient (Wildman–Crippen LogP) is 3.12. The van der Waals surface area contributed by atoms with E-state index in [1.807, 2.05) is 26.0 Å². The molecule has 0 aliphatic carbocycles. The topological polar surface area (TPSA) is 72.6 Å². The zero-order chi connectivity index (χ0) is 17.7. The molecule has 1 aromatic heterocycles. The quantitative estimate of drug-likeness (QED) is 0.541. The van der Waals surface area contributed by atoms with Crippen molar-refractivity contribution in [2.24, 2.45) is 11.8 Å².